The van der Waals surface area contributed by atoms with E-state index in [1.54, 1.807) is 0 Å². The van der Waals surface area contributed by atoms with Crippen LogP contribution in [0.1, 0.15) is 6.04 Å². The van der Waals surface area contributed by atoms with Crippen molar-refractivity contribution in [3.8, 4) is 0 Å². The first-order valence-electron chi connectivity index (χ1n) is 5.02. The first-order chi connectivity index (χ1) is 8.19. The molecule has 1 aromatic heterocycles. The molecular weight excluding hydrogens is 245 g/mol. The van der Waals surface area contributed by atoms with Gasteiger partial charge in [-0.15, -0.1) is 5.10 Å². The molecule has 0 aliphatic carbocycles. The second-order valence-corrected chi connectivity index (χ2v) is 4.45. The second-order valence-electron chi connectivity index (χ2n) is 3.72. The van der Waals surface area contributed by atoms with E-state index in [1.807, 2.05) is 0 Å². The predicted molar refractivity (Wildman–Crippen MR) is 60.2 cm³/mol. The topological polar surface area (TPSA) is 101 Å². The van der Waals surface area contributed by atoms with Crippen LogP contribution in [0.3, 0.4) is 0 Å². The van der Waals surface area contributed by atoms with Crippen LogP contribution in [0, 0.1) is 0 Å². The molecule has 0 saturated carbocycles. The molecular formula is C8H12BN3O4S. The average Bonchev–Trinajstić information content (AvgIpc) is 2.83. The first-order valence-corrected chi connectivity index (χ1v) is 5.97. The molecule has 0 aromatic carbocycles. The summed E-state index contributed by atoms with van der Waals surface area (Å²) in [6.07, 6.45) is 0.0287. The molecule has 17 heavy (non-hydrogen) atoms. The lowest BCUT2D eigenvalue weighted by molar-refractivity contribution is -0.178. The van der Waals surface area contributed by atoms with Crippen LogP contribution in [0.2, 0.25) is 0 Å². The van der Waals surface area contributed by atoms with Crippen molar-refractivity contribution in [2.24, 2.45) is 0 Å². The summed E-state index contributed by atoms with van der Waals surface area (Å²) < 4.78 is 6.60. The van der Waals surface area contributed by atoms with E-state index in [4.69, 9.17) is 17.0 Å². The van der Waals surface area contributed by atoms with Crippen LogP contribution in [0.5, 0.6) is 0 Å². The zero-order valence-corrected chi connectivity index (χ0v) is 9.64. The lowest BCUT2D eigenvalue weighted by Crippen LogP contribution is -2.55. The molecule has 0 amide bonds. The Bertz CT molecular complexity index is 339. The van der Waals surface area contributed by atoms with Gasteiger partial charge in [0.05, 0.1) is 12.8 Å². The van der Waals surface area contributed by atoms with Gasteiger partial charge in [-0.2, -0.15) is 11.6 Å². The minimum Gasteiger partial charge on any atom is -0.394 e. The van der Waals surface area contributed by atoms with Gasteiger partial charge in [-0.05, 0) is 0 Å². The standard InChI is InChI=1S/C8H12BN3O4S/c9-17-8-7(15)5(12-2-1-10-11-12)6(14)4(3-13)16-8/h1-2,4-8,13-15H,3H2. The summed E-state index contributed by atoms with van der Waals surface area (Å²) in [4.78, 5) is 0. The van der Waals surface area contributed by atoms with Gasteiger partial charge in [0.15, 0.2) is 7.12 Å². The lowest BCUT2D eigenvalue weighted by atomic mass is 9.97. The Morgan fingerprint density at radius 1 is 1.41 bits per heavy atom. The molecule has 9 heteroatoms. The largest absolute Gasteiger partial charge is 0.394 e. The summed E-state index contributed by atoms with van der Waals surface area (Å²) in [6, 6.07) is -0.746. The molecule has 0 bridgehead atoms. The number of nitrogens with zero attached hydrogens (tertiary/aromatic N) is 3. The van der Waals surface area contributed by atoms with E-state index in [-0.39, 0.29) is 6.61 Å². The lowest BCUT2D eigenvalue weighted by Gasteiger charge is -2.41. The molecule has 2 heterocycles. The highest BCUT2D eigenvalue weighted by Crippen LogP contribution is 2.33. The van der Waals surface area contributed by atoms with Crippen molar-refractivity contribution in [3.63, 3.8) is 0 Å². The Morgan fingerprint density at radius 3 is 2.71 bits per heavy atom. The van der Waals surface area contributed by atoms with Crippen LogP contribution < -0.4 is 0 Å². The Hall–Kier alpha value is -0.605. The molecule has 1 aliphatic rings. The highest BCUT2D eigenvalue weighted by molar-refractivity contribution is 8.20. The summed E-state index contributed by atoms with van der Waals surface area (Å²) in [5, 5.41) is 36.5. The molecule has 7 nitrogen and oxygen atoms in total. The van der Waals surface area contributed by atoms with Crippen LogP contribution in [0.4, 0.5) is 0 Å². The molecule has 1 fully saturated rings. The SMILES string of the molecule is [B]SC1OC(CO)C(O)C(n2ccnn2)C1O. The van der Waals surface area contributed by atoms with Gasteiger partial charge in [-0.25, -0.2) is 4.68 Å². The van der Waals surface area contributed by atoms with Gasteiger partial charge in [0.2, 0.25) is 0 Å². The fraction of sp³-hybridized carbons (Fsp3) is 0.750. The zero-order valence-electron chi connectivity index (χ0n) is 8.83. The van der Waals surface area contributed by atoms with E-state index in [1.165, 1.54) is 17.1 Å². The van der Waals surface area contributed by atoms with Crippen molar-refractivity contribution < 1.29 is 20.1 Å². The number of aliphatic hydroxyl groups is 3. The molecule has 1 aromatic rings. The van der Waals surface area contributed by atoms with Crippen LogP contribution in [-0.4, -0.2) is 67.8 Å². The summed E-state index contributed by atoms with van der Waals surface area (Å²) in [7, 11) is 5.39. The van der Waals surface area contributed by atoms with Gasteiger partial charge in [0.1, 0.15) is 29.8 Å². The molecule has 5 unspecified atom stereocenters. The molecule has 2 radical (unpaired) electrons. The number of hydrogen-bond donors (Lipinski definition) is 3. The minimum absolute atomic E-state index is 0.365. The van der Waals surface area contributed by atoms with E-state index in [0.717, 1.165) is 11.6 Å². The maximum absolute atomic E-state index is 10.0. The van der Waals surface area contributed by atoms with Gasteiger partial charge in [0.25, 0.3) is 0 Å². The number of ether oxygens (including phenoxy) is 1. The Morgan fingerprint density at radius 2 is 2.18 bits per heavy atom. The van der Waals surface area contributed by atoms with E-state index in [9.17, 15) is 10.2 Å². The smallest absolute Gasteiger partial charge is 0.165 e. The molecule has 2 rings (SSSR count). The third-order valence-electron chi connectivity index (χ3n) is 2.73. The highest BCUT2D eigenvalue weighted by atomic mass is 32.2. The Kier molecular flexibility index (Phi) is 4.05. The van der Waals surface area contributed by atoms with E-state index >= 15 is 0 Å². The molecule has 5 atom stereocenters. The Labute approximate surface area is 103 Å². The maximum atomic E-state index is 10.0. The van der Waals surface area contributed by atoms with Crippen molar-refractivity contribution in [1.29, 1.82) is 0 Å². The monoisotopic (exact) mass is 257 g/mol. The predicted octanol–water partition coefficient (Wildman–Crippen LogP) is -1.93. The number of aliphatic hydroxyl groups excluding tert-OH is 3. The van der Waals surface area contributed by atoms with Gasteiger partial charge in [0, 0.05) is 6.20 Å². The normalized spacial score (nSPS) is 38.2. The van der Waals surface area contributed by atoms with E-state index in [0.29, 0.717) is 0 Å². The van der Waals surface area contributed by atoms with Gasteiger partial charge in [-0.3, -0.25) is 0 Å². The Balaban J connectivity index is 2.26. The molecule has 1 saturated heterocycles. The molecule has 0 spiro atoms. The number of rotatable bonds is 3. The fourth-order valence-corrected chi connectivity index (χ4v) is 2.40. The summed E-state index contributed by atoms with van der Waals surface area (Å²) in [5.74, 6) is 0. The van der Waals surface area contributed by atoms with Gasteiger partial charge in [-0.1, -0.05) is 5.21 Å². The maximum Gasteiger partial charge on any atom is 0.165 e. The van der Waals surface area contributed by atoms with Crippen molar-refractivity contribution in [3.05, 3.63) is 12.4 Å². The van der Waals surface area contributed by atoms with Crippen LogP contribution in [0.25, 0.3) is 0 Å². The van der Waals surface area contributed by atoms with Crippen LogP contribution >= 0.6 is 11.6 Å². The van der Waals surface area contributed by atoms with E-state index < -0.39 is 29.8 Å². The third kappa shape index (κ3) is 2.33. The molecule has 92 valence electrons. The average molecular weight is 257 g/mol. The fourth-order valence-electron chi connectivity index (χ4n) is 1.87. The van der Waals surface area contributed by atoms with Crippen LogP contribution in [-0.2, 0) is 4.74 Å². The highest BCUT2D eigenvalue weighted by Gasteiger charge is 2.45. The summed E-state index contributed by atoms with van der Waals surface area (Å²) >= 11 is 0.820. The third-order valence-corrected chi connectivity index (χ3v) is 3.39. The number of hydrogen-bond acceptors (Lipinski definition) is 7. The zero-order chi connectivity index (χ0) is 12.4. The first kappa shape index (κ1) is 12.8. The van der Waals surface area contributed by atoms with Crippen molar-refractivity contribution in [1.82, 2.24) is 15.0 Å². The van der Waals surface area contributed by atoms with Crippen molar-refractivity contribution in [2.45, 2.75) is 29.8 Å². The molecule has 1 aliphatic heterocycles. The minimum atomic E-state index is -1.08. The second kappa shape index (κ2) is 5.36. The quantitative estimate of drug-likeness (QED) is 0.542. The van der Waals surface area contributed by atoms with Crippen LogP contribution in [0.15, 0.2) is 12.4 Å². The van der Waals surface area contributed by atoms with Crippen molar-refractivity contribution in [2.75, 3.05) is 6.61 Å². The van der Waals surface area contributed by atoms with Gasteiger partial charge < -0.3 is 20.1 Å². The van der Waals surface area contributed by atoms with E-state index in [2.05, 4.69) is 10.3 Å². The summed E-state index contributed by atoms with van der Waals surface area (Å²) in [5.41, 5.74) is -0.732. The van der Waals surface area contributed by atoms with Gasteiger partial charge >= 0.3 is 0 Å². The molecule has 3 N–H and O–H groups in total. The summed E-state index contributed by atoms with van der Waals surface area (Å²) in [6.45, 7) is -0.365. The van der Waals surface area contributed by atoms with Crippen molar-refractivity contribution >= 4 is 18.7 Å². The number of aromatic nitrogens is 3.